The van der Waals surface area contributed by atoms with E-state index in [-0.39, 0.29) is 5.60 Å². The lowest BCUT2D eigenvalue weighted by molar-refractivity contribution is -0.148. The largest absolute Gasteiger partial charge is 0.371 e. The predicted molar refractivity (Wildman–Crippen MR) is 50.5 cm³/mol. The third kappa shape index (κ3) is 1.55. The van der Waals surface area contributed by atoms with Gasteiger partial charge in [0.25, 0.3) is 0 Å². The molecule has 0 spiro atoms. The van der Waals surface area contributed by atoms with Gasteiger partial charge in [0.15, 0.2) is 0 Å². The van der Waals surface area contributed by atoms with E-state index in [1.807, 2.05) is 0 Å². The first kappa shape index (κ1) is 8.95. The number of rotatable bonds is 3. The number of carbonyl (C=O) groups excluding carboxylic acids is 1. The molecule has 72 valence electrons. The summed E-state index contributed by atoms with van der Waals surface area (Å²) in [7, 11) is 0. The van der Waals surface area contributed by atoms with Crippen LogP contribution in [0, 0.1) is 5.92 Å². The van der Waals surface area contributed by atoms with Crippen molar-refractivity contribution >= 4 is 5.78 Å². The van der Waals surface area contributed by atoms with Crippen molar-refractivity contribution < 1.29 is 9.53 Å². The van der Waals surface area contributed by atoms with E-state index in [9.17, 15) is 4.79 Å². The fourth-order valence-electron chi connectivity index (χ4n) is 2.54. The highest BCUT2D eigenvalue weighted by molar-refractivity contribution is 5.83. The first-order valence-corrected chi connectivity index (χ1v) is 5.03. The molecule has 0 unspecified atom stereocenters. The van der Waals surface area contributed by atoms with Crippen LogP contribution in [0.4, 0.5) is 0 Å². The first-order valence-electron chi connectivity index (χ1n) is 5.03. The van der Waals surface area contributed by atoms with Crippen LogP contribution in [0.15, 0.2) is 12.7 Å². The molecule has 3 saturated carbocycles. The van der Waals surface area contributed by atoms with Gasteiger partial charge in [0.05, 0.1) is 12.2 Å². The lowest BCUT2D eigenvalue weighted by atomic mass is 9.67. The fourth-order valence-corrected chi connectivity index (χ4v) is 2.54. The molecule has 0 N–H and O–H groups in total. The van der Waals surface area contributed by atoms with Crippen molar-refractivity contribution in [2.24, 2.45) is 5.92 Å². The molecular formula is C11H16O2. The highest BCUT2D eigenvalue weighted by Gasteiger charge is 2.45. The summed E-state index contributed by atoms with van der Waals surface area (Å²) in [5.74, 6) is 0.774. The maximum atomic E-state index is 11.5. The zero-order valence-electron chi connectivity index (χ0n) is 7.92. The molecular weight excluding hydrogens is 164 g/mol. The van der Waals surface area contributed by atoms with E-state index in [4.69, 9.17) is 4.74 Å². The van der Waals surface area contributed by atoms with E-state index in [0.717, 1.165) is 25.7 Å². The van der Waals surface area contributed by atoms with Crippen LogP contribution < -0.4 is 0 Å². The second-order valence-corrected chi connectivity index (χ2v) is 4.20. The second kappa shape index (κ2) is 3.26. The Bertz CT molecular complexity index is 224. The predicted octanol–water partition coefficient (Wildman–Crippen LogP) is 2.09. The first-order chi connectivity index (χ1) is 6.26. The molecule has 0 aromatic heterocycles. The number of Topliss-reactive ketones (excluding diaryl/α,β-unsaturated/α-hetero) is 1. The smallest absolute Gasteiger partial charge is 0.138 e. The SMILES string of the molecule is C=CCOC12CCC(CC1)C(=O)C2. The van der Waals surface area contributed by atoms with Crippen molar-refractivity contribution in [3.8, 4) is 0 Å². The molecule has 0 amide bonds. The molecule has 0 aliphatic heterocycles. The normalized spacial score (nSPS) is 37.8. The average molecular weight is 180 g/mol. The van der Waals surface area contributed by atoms with Gasteiger partial charge in [0, 0.05) is 12.3 Å². The molecule has 0 aromatic rings. The summed E-state index contributed by atoms with van der Waals surface area (Å²) in [5.41, 5.74) is -0.111. The minimum absolute atomic E-state index is 0.111. The van der Waals surface area contributed by atoms with Crippen molar-refractivity contribution in [3.63, 3.8) is 0 Å². The molecule has 2 bridgehead atoms. The zero-order chi connectivity index (χ0) is 9.31. The van der Waals surface area contributed by atoms with Gasteiger partial charge in [0.2, 0.25) is 0 Å². The van der Waals surface area contributed by atoms with Gasteiger partial charge < -0.3 is 4.74 Å². The van der Waals surface area contributed by atoms with E-state index in [1.54, 1.807) is 6.08 Å². The summed E-state index contributed by atoms with van der Waals surface area (Å²) >= 11 is 0. The van der Waals surface area contributed by atoms with Gasteiger partial charge in [-0.15, -0.1) is 6.58 Å². The van der Waals surface area contributed by atoms with Crippen LogP contribution in [0.25, 0.3) is 0 Å². The lowest BCUT2D eigenvalue weighted by Crippen LogP contribution is -2.47. The molecule has 3 rings (SSSR count). The van der Waals surface area contributed by atoms with E-state index < -0.39 is 0 Å². The Hall–Kier alpha value is -0.630. The van der Waals surface area contributed by atoms with E-state index in [0.29, 0.717) is 24.7 Å². The summed E-state index contributed by atoms with van der Waals surface area (Å²) in [6.07, 6.45) is 6.62. The minimum Gasteiger partial charge on any atom is -0.371 e. The standard InChI is InChI=1S/C11H16O2/c1-2-7-13-11-5-3-9(4-6-11)10(12)8-11/h2,9H,1,3-8H2. The molecule has 3 aliphatic carbocycles. The summed E-state index contributed by atoms with van der Waals surface area (Å²) < 4.78 is 5.74. The highest BCUT2D eigenvalue weighted by Crippen LogP contribution is 2.44. The Balaban J connectivity index is 2.04. The van der Waals surface area contributed by atoms with Gasteiger partial charge in [-0.25, -0.2) is 0 Å². The van der Waals surface area contributed by atoms with Gasteiger partial charge in [0.1, 0.15) is 5.78 Å². The number of carbonyl (C=O) groups is 1. The summed E-state index contributed by atoms with van der Waals surface area (Å²) in [6.45, 7) is 4.21. The van der Waals surface area contributed by atoms with Crippen LogP contribution >= 0.6 is 0 Å². The summed E-state index contributed by atoms with van der Waals surface area (Å²) in [5, 5.41) is 0. The highest BCUT2D eigenvalue weighted by atomic mass is 16.5. The minimum atomic E-state index is -0.111. The topological polar surface area (TPSA) is 26.3 Å². The molecule has 0 saturated heterocycles. The molecule has 2 nitrogen and oxygen atoms in total. The van der Waals surface area contributed by atoms with Crippen LogP contribution in [-0.4, -0.2) is 18.0 Å². The molecule has 13 heavy (non-hydrogen) atoms. The molecule has 0 aromatic carbocycles. The Kier molecular flexibility index (Phi) is 2.24. The fraction of sp³-hybridized carbons (Fsp3) is 0.727. The number of hydrogen-bond donors (Lipinski definition) is 0. The van der Waals surface area contributed by atoms with Gasteiger partial charge in [-0.05, 0) is 25.7 Å². The maximum absolute atomic E-state index is 11.5. The Morgan fingerprint density at radius 2 is 2.23 bits per heavy atom. The van der Waals surface area contributed by atoms with Crippen molar-refractivity contribution in [1.82, 2.24) is 0 Å². The third-order valence-electron chi connectivity index (χ3n) is 3.36. The molecule has 0 radical (unpaired) electrons. The van der Waals surface area contributed by atoms with E-state index in [1.165, 1.54) is 0 Å². The quantitative estimate of drug-likeness (QED) is 0.622. The van der Waals surface area contributed by atoms with Crippen LogP contribution in [0.3, 0.4) is 0 Å². The van der Waals surface area contributed by atoms with E-state index in [2.05, 4.69) is 6.58 Å². The Morgan fingerprint density at radius 3 is 2.77 bits per heavy atom. The average Bonchev–Trinajstić information content (AvgIpc) is 2.16. The number of ether oxygens (including phenoxy) is 1. The Labute approximate surface area is 79.0 Å². The van der Waals surface area contributed by atoms with Crippen LogP contribution in [0.2, 0.25) is 0 Å². The van der Waals surface area contributed by atoms with Crippen LogP contribution in [-0.2, 0) is 9.53 Å². The molecule has 0 heterocycles. The second-order valence-electron chi connectivity index (χ2n) is 4.20. The van der Waals surface area contributed by atoms with E-state index >= 15 is 0 Å². The van der Waals surface area contributed by atoms with Gasteiger partial charge in [-0.3, -0.25) is 4.79 Å². The molecule has 2 heteroatoms. The molecule has 0 atom stereocenters. The van der Waals surface area contributed by atoms with Crippen LogP contribution in [0.1, 0.15) is 32.1 Å². The summed E-state index contributed by atoms with van der Waals surface area (Å²) in [4.78, 5) is 11.5. The van der Waals surface area contributed by atoms with Gasteiger partial charge >= 0.3 is 0 Å². The van der Waals surface area contributed by atoms with Crippen molar-refractivity contribution in [2.75, 3.05) is 6.61 Å². The van der Waals surface area contributed by atoms with Crippen molar-refractivity contribution in [2.45, 2.75) is 37.7 Å². The monoisotopic (exact) mass is 180 g/mol. The van der Waals surface area contributed by atoms with Crippen molar-refractivity contribution in [1.29, 1.82) is 0 Å². The maximum Gasteiger partial charge on any atom is 0.138 e. The number of hydrogen-bond acceptors (Lipinski definition) is 2. The Morgan fingerprint density at radius 1 is 1.54 bits per heavy atom. The number of ketones is 1. The van der Waals surface area contributed by atoms with Crippen molar-refractivity contribution in [3.05, 3.63) is 12.7 Å². The van der Waals surface area contributed by atoms with Crippen LogP contribution in [0.5, 0.6) is 0 Å². The van der Waals surface area contributed by atoms with Gasteiger partial charge in [-0.1, -0.05) is 6.08 Å². The zero-order valence-corrected chi connectivity index (χ0v) is 7.92. The third-order valence-corrected chi connectivity index (χ3v) is 3.36. The summed E-state index contributed by atoms with van der Waals surface area (Å²) in [6, 6.07) is 0. The molecule has 3 fully saturated rings. The van der Waals surface area contributed by atoms with Gasteiger partial charge in [-0.2, -0.15) is 0 Å². The molecule has 3 aliphatic rings. The lowest BCUT2D eigenvalue weighted by Gasteiger charge is -2.44. The number of fused-ring (bicyclic) bond motifs is 3.